The van der Waals surface area contributed by atoms with Gasteiger partial charge in [0.2, 0.25) is 5.91 Å². The van der Waals surface area contributed by atoms with Gasteiger partial charge in [-0.2, -0.15) is 0 Å². The zero-order valence-electron chi connectivity index (χ0n) is 15.0. The molecule has 0 heterocycles. The van der Waals surface area contributed by atoms with Gasteiger partial charge in [-0.25, -0.2) is 4.79 Å². The number of aliphatic carboxylic acids is 1. The second kappa shape index (κ2) is 9.77. The number of halogens is 1. The Morgan fingerprint density at radius 3 is 2.21 bits per heavy atom. The zero-order valence-corrected chi connectivity index (χ0v) is 16.6. The Kier molecular flexibility index (Phi) is 7.42. The maximum atomic E-state index is 11.1. The van der Waals surface area contributed by atoms with E-state index in [0.29, 0.717) is 27.8 Å². The van der Waals surface area contributed by atoms with E-state index in [2.05, 4.69) is 16.0 Å². The topological polar surface area (TPSA) is 109 Å². The number of rotatable bonds is 7. The van der Waals surface area contributed by atoms with E-state index < -0.39 is 12.6 Å². The minimum Gasteiger partial charge on any atom is -0.495 e. The van der Waals surface area contributed by atoms with E-state index in [0.717, 1.165) is 0 Å². The highest BCUT2D eigenvalue weighted by Crippen LogP contribution is 2.36. The van der Waals surface area contributed by atoms with Crippen molar-refractivity contribution in [1.29, 1.82) is 0 Å². The number of carboxylic acids is 1. The van der Waals surface area contributed by atoms with Gasteiger partial charge in [0.25, 0.3) is 0 Å². The molecule has 4 N–H and O–H groups in total. The van der Waals surface area contributed by atoms with Gasteiger partial charge in [-0.3, -0.25) is 4.79 Å². The number of amides is 1. The molecular formula is C18H18ClN3O5S. The molecule has 0 aliphatic heterocycles. The Labute approximate surface area is 171 Å². The van der Waals surface area contributed by atoms with Crippen LogP contribution in [0.3, 0.4) is 0 Å². The quantitative estimate of drug-likeness (QED) is 0.500. The lowest BCUT2D eigenvalue weighted by molar-refractivity contribution is -0.139. The Morgan fingerprint density at radius 2 is 1.68 bits per heavy atom. The van der Waals surface area contributed by atoms with Crippen LogP contribution in [0.25, 0.3) is 0 Å². The van der Waals surface area contributed by atoms with E-state index in [9.17, 15) is 9.59 Å². The van der Waals surface area contributed by atoms with Crippen molar-refractivity contribution in [1.82, 2.24) is 0 Å². The summed E-state index contributed by atoms with van der Waals surface area (Å²) in [5, 5.41) is 17.9. The molecule has 28 heavy (non-hydrogen) atoms. The average molecular weight is 424 g/mol. The maximum Gasteiger partial charge on any atom is 0.341 e. The fourth-order valence-electron chi connectivity index (χ4n) is 2.17. The molecule has 2 aromatic rings. The average Bonchev–Trinajstić information content (AvgIpc) is 2.62. The van der Waals surface area contributed by atoms with Crippen LogP contribution in [0.15, 0.2) is 36.4 Å². The molecule has 8 nitrogen and oxygen atoms in total. The minimum absolute atomic E-state index is 0.164. The molecule has 0 saturated heterocycles. The van der Waals surface area contributed by atoms with Crippen LogP contribution in [0, 0.1) is 0 Å². The first-order chi connectivity index (χ1) is 13.3. The highest BCUT2D eigenvalue weighted by Gasteiger charge is 2.13. The fourth-order valence-corrected chi connectivity index (χ4v) is 2.64. The third-order valence-corrected chi connectivity index (χ3v) is 3.82. The van der Waals surface area contributed by atoms with Crippen molar-refractivity contribution in [2.75, 3.05) is 29.7 Å². The third-order valence-electron chi connectivity index (χ3n) is 3.32. The van der Waals surface area contributed by atoms with Gasteiger partial charge in [0.15, 0.2) is 11.7 Å². The van der Waals surface area contributed by atoms with E-state index in [1.54, 1.807) is 24.3 Å². The molecule has 148 valence electrons. The highest BCUT2D eigenvalue weighted by atomic mass is 35.5. The largest absolute Gasteiger partial charge is 0.495 e. The summed E-state index contributed by atoms with van der Waals surface area (Å²) in [6.45, 7) is 0.888. The molecule has 0 bridgehead atoms. The van der Waals surface area contributed by atoms with Gasteiger partial charge < -0.3 is 30.5 Å². The summed E-state index contributed by atoms with van der Waals surface area (Å²) in [6, 6.07) is 9.91. The van der Waals surface area contributed by atoms with Crippen LogP contribution in [-0.4, -0.2) is 35.8 Å². The first kappa shape index (κ1) is 21.3. The molecule has 0 radical (unpaired) electrons. The Bertz CT molecular complexity index is 890. The smallest absolute Gasteiger partial charge is 0.341 e. The van der Waals surface area contributed by atoms with E-state index in [1.165, 1.54) is 26.2 Å². The Morgan fingerprint density at radius 1 is 1.07 bits per heavy atom. The van der Waals surface area contributed by atoms with Crippen LogP contribution in [0.1, 0.15) is 6.92 Å². The molecule has 2 aromatic carbocycles. The van der Waals surface area contributed by atoms with Crippen molar-refractivity contribution in [3.8, 4) is 11.5 Å². The molecule has 0 spiro atoms. The monoisotopic (exact) mass is 423 g/mol. The molecule has 0 atom stereocenters. The van der Waals surface area contributed by atoms with Crippen molar-refractivity contribution in [2.45, 2.75) is 6.92 Å². The summed E-state index contributed by atoms with van der Waals surface area (Å²) in [4.78, 5) is 21.8. The second-order valence-corrected chi connectivity index (χ2v) is 6.32. The predicted octanol–water partition coefficient (Wildman–Crippen LogP) is 3.58. The first-order valence-electron chi connectivity index (χ1n) is 7.96. The number of anilines is 3. The fraction of sp³-hybridized carbons (Fsp3) is 0.167. The molecule has 0 aromatic heterocycles. The van der Waals surface area contributed by atoms with E-state index in [-0.39, 0.29) is 16.8 Å². The van der Waals surface area contributed by atoms with Crippen molar-refractivity contribution < 1.29 is 24.2 Å². The number of methoxy groups -OCH3 is 1. The van der Waals surface area contributed by atoms with Crippen LogP contribution < -0.4 is 25.4 Å². The Hall–Kier alpha value is -3.04. The molecule has 0 aliphatic carbocycles. The van der Waals surface area contributed by atoms with E-state index in [1.807, 2.05) is 0 Å². The van der Waals surface area contributed by atoms with Crippen LogP contribution in [0.2, 0.25) is 5.02 Å². The van der Waals surface area contributed by atoms with Gasteiger partial charge in [-0.1, -0.05) is 11.6 Å². The molecule has 0 fully saturated rings. The predicted molar refractivity (Wildman–Crippen MR) is 112 cm³/mol. The van der Waals surface area contributed by atoms with Crippen LogP contribution in [0.4, 0.5) is 17.1 Å². The molecule has 1 amide bonds. The summed E-state index contributed by atoms with van der Waals surface area (Å²) in [6.07, 6.45) is 0. The number of ether oxygens (including phenoxy) is 2. The van der Waals surface area contributed by atoms with E-state index in [4.69, 9.17) is 38.4 Å². The lowest BCUT2D eigenvalue weighted by atomic mass is 10.2. The molecule has 0 saturated carbocycles. The number of nitrogens with one attached hydrogen (secondary N) is 3. The number of carbonyl (C=O) groups excluding carboxylic acids is 1. The standard InChI is InChI=1S/C18H18ClN3O5S/c1-10(23)20-11-3-5-12(6-4-11)21-18(28)22-14-7-13(19)15(26-2)8-16(14)27-9-17(24)25/h3-8H,9H2,1-2H3,(H,20,23)(H,24,25)(H2,21,22,28). The van der Waals surface area contributed by atoms with E-state index >= 15 is 0 Å². The van der Waals surface area contributed by atoms with Gasteiger partial charge in [0, 0.05) is 24.4 Å². The maximum absolute atomic E-state index is 11.1. The van der Waals surface area contributed by atoms with Gasteiger partial charge in [-0.05, 0) is 42.5 Å². The van der Waals surface area contributed by atoms with Crippen LogP contribution in [-0.2, 0) is 9.59 Å². The number of hydrogen-bond acceptors (Lipinski definition) is 5. The third kappa shape index (κ3) is 6.29. The minimum atomic E-state index is -1.13. The molecule has 10 heteroatoms. The van der Waals surface area contributed by atoms with Gasteiger partial charge >= 0.3 is 5.97 Å². The van der Waals surface area contributed by atoms with Crippen molar-refractivity contribution in [3.63, 3.8) is 0 Å². The van der Waals surface area contributed by atoms with Gasteiger partial charge in [0.1, 0.15) is 11.5 Å². The number of thiocarbonyl (C=S) groups is 1. The molecule has 2 rings (SSSR count). The second-order valence-electron chi connectivity index (χ2n) is 5.50. The van der Waals surface area contributed by atoms with Crippen LogP contribution in [0.5, 0.6) is 11.5 Å². The number of benzene rings is 2. The van der Waals surface area contributed by atoms with Crippen molar-refractivity contribution in [3.05, 3.63) is 41.4 Å². The summed E-state index contributed by atoms with van der Waals surface area (Å²) in [5.41, 5.74) is 1.71. The van der Waals surface area contributed by atoms with Gasteiger partial charge in [0.05, 0.1) is 17.8 Å². The number of hydrogen-bond donors (Lipinski definition) is 4. The first-order valence-corrected chi connectivity index (χ1v) is 8.75. The summed E-state index contributed by atoms with van der Waals surface area (Å²) >= 11 is 11.4. The SMILES string of the molecule is COc1cc(OCC(=O)O)c(NC(=S)Nc2ccc(NC(C)=O)cc2)cc1Cl. The zero-order chi connectivity index (χ0) is 20.7. The molecule has 0 aliphatic rings. The lowest BCUT2D eigenvalue weighted by Crippen LogP contribution is -2.20. The molecule has 0 unspecified atom stereocenters. The van der Waals surface area contributed by atoms with Gasteiger partial charge in [-0.15, -0.1) is 0 Å². The lowest BCUT2D eigenvalue weighted by Gasteiger charge is -2.16. The highest BCUT2D eigenvalue weighted by molar-refractivity contribution is 7.80. The Balaban J connectivity index is 2.12. The molecular weight excluding hydrogens is 406 g/mol. The normalized spacial score (nSPS) is 9.96. The summed E-state index contributed by atoms with van der Waals surface area (Å²) in [7, 11) is 1.44. The van der Waals surface area contributed by atoms with Crippen molar-refractivity contribution in [2.24, 2.45) is 0 Å². The van der Waals surface area contributed by atoms with Crippen molar-refractivity contribution >= 4 is 57.9 Å². The summed E-state index contributed by atoms with van der Waals surface area (Å²) in [5.74, 6) is -0.739. The number of carboxylic acid groups (broad SMARTS) is 1. The summed E-state index contributed by atoms with van der Waals surface area (Å²) < 4.78 is 10.4. The van der Waals surface area contributed by atoms with Crippen LogP contribution >= 0.6 is 23.8 Å². The number of carbonyl (C=O) groups is 2.